The minimum absolute atomic E-state index is 0.0319. The summed E-state index contributed by atoms with van der Waals surface area (Å²) in [5, 5.41) is 12.1. The highest BCUT2D eigenvalue weighted by Gasteiger charge is 2.29. The molecule has 3 rings (SSSR count). The van der Waals surface area contributed by atoms with Gasteiger partial charge in [0.25, 0.3) is 0 Å². The number of ketones is 1. The molecule has 0 spiro atoms. The van der Waals surface area contributed by atoms with Crippen molar-refractivity contribution in [1.29, 1.82) is 0 Å². The smallest absolute Gasteiger partial charge is 0.407 e. The number of carboxylic acids is 1. The number of alkyl carbamates (subject to hydrolysis) is 1. The quantitative estimate of drug-likeness (QED) is 0.109. The first kappa shape index (κ1) is 35.3. The van der Waals surface area contributed by atoms with Crippen LogP contribution in [0, 0.1) is 0 Å². The molecule has 0 bridgehead atoms. The first-order chi connectivity index (χ1) is 21.4. The molecule has 242 valence electrons. The van der Waals surface area contributed by atoms with E-state index in [1.807, 2.05) is 36.4 Å². The van der Waals surface area contributed by atoms with Gasteiger partial charge in [0.1, 0.15) is 18.4 Å². The fourth-order valence-corrected chi connectivity index (χ4v) is 6.24. The van der Waals surface area contributed by atoms with E-state index in [1.54, 1.807) is 0 Å². The molecule has 0 radical (unpaired) electrons. The van der Waals surface area contributed by atoms with Gasteiger partial charge >= 0.3 is 12.1 Å². The summed E-state index contributed by atoms with van der Waals surface area (Å²) in [5.74, 6) is -1.20. The van der Waals surface area contributed by atoms with Crippen molar-refractivity contribution in [3.8, 4) is 11.1 Å². The lowest BCUT2D eigenvalue weighted by atomic mass is 9.98. The highest BCUT2D eigenvalue weighted by atomic mass is 16.5. The van der Waals surface area contributed by atoms with Crippen molar-refractivity contribution >= 4 is 17.8 Å². The van der Waals surface area contributed by atoms with E-state index in [1.165, 1.54) is 64.2 Å². The molecule has 2 atom stereocenters. The SMILES string of the molecule is CCCCCCCCCCCCCCCC(=O)C(N)CCC[C@@H](NC(=O)OCC1c2ccccc2-c2ccccc21)C(=O)O. The molecule has 2 aromatic rings. The molecule has 4 N–H and O–H groups in total. The highest BCUT2D eigenvalue weighted by molar-refractivity contribution is 5.84. The van der Waals surface area contributed by atoms with E-state index >= 15 is 0 Å². The molecular formula is C37H54N2O5. The fraction of sp³-hybridized carbons (Fsp3) is 0.595. The standard InChI is InChI=1S/C37H54N2O5/c1-2-3-4-5-6-7-8-9-10-11-12-13-14-26-35(40)33(38)24-19-25-34(36(41)42)39-37(43)44-27-32-30-22-17-15-20-28(30)29-21-16-18-23-31(29)32/h15-18,20-23,32-34H,2-14,19,24-27,38H2,1H3,(H,39,43)(H,41,42)/t33?,34-/m1/s1. The zero-order valence-corrected chi connectivity index (χ0v) is 26.7. The van der Waals surface area contributed by atoms with Crippen molar-refractivity contribution in [2.45, 2.75) is 134 Å². The Morgan fingerprint density at radius 1 is 0.750 bits per heavy atom. The Bertz CT molecular complexity index is 1120. The highest BCUT2D eigenvalue weighted by Crippen LogP contribution is 2.44. The first-order valence-corrected chi connectivity index (χ1v) is 17.0. The number of nitrogens with two attached hydrogens (primary N) is 1. The van der Waals surface area contributed by atoms with Gasteiger partial charge < -0.3 is 20.9 Å². The summed E-state index contributed by atoms with van der Waals surface area (Å²) in [4.78, 5) is 36.9. The maximum absolute atomic E-state index is 12.6. The molecule has 1 unspecified atom stereocenters. The maximum atomic E-state index is 12.6. The Balaban J connectivity index is 1.26. The molecule has 1 aliphatic carbocycles. The van der Waals surface area contributed by atoms with Crippen LogP contribution in [-0.2, 0) is 14.3 Å². The van der Waals surface area contributed by atoms with Gasteiger partial charge in [0.05, 0.1) is 6.04 Å². The Labute approximate surface area is 264 Å². The molecule has 2 aromatic carbocycles. The number of carboxylic acid groups (broad SMARTS) is 1. The van der Waals surface area contributed by atoms with E-state index < -0.39 is 24.1 Å². The average molecular weight is 607 g/mol. The van der Waals surface area contributed by atoms with E-state index in [4.69, 9.17) is 10.5 Å². The largest absolute Gasteiger partial charge is 0.480 e. The van der Waals surface area contributed by atoms with Gasteiger partial charge in [-0.25, -0.2) is 9.59 Å². The van der Waals surface area contributed by atoms with Crippen LogP contribution < -0.4 is 11.1 Å². The predicted molar refractivity (Wildman–Crippen MR) is 177 cm³/mol. The summed E-state index contributed by atoms with van der Waals surface area (Å²) in [6.45, 7) is 2.37. The van der Waals surface area contributed by atoms with Gasteiger partial charge in [-0.05, 0) is 47.9 Å². The van der Waals surface area contributed by atoms with Crippen LogP contribution in [0.25, 0.3) is 11.1 Å². The summed E-state index contributed by atoms with van der Waals surface area (Å²) >= 11 is 0. The lowest BCUT2D eigenvalue weighted by Crippen LogP contribution is -2.41. The van der Waals surface area contributed by atoms with Gasteiger partial charge in [0, 0.05) is 12.3 Å². The minimum Gasteiger partial charge on any atom is -0.480 e. The third-order valence-electron chi connectivity index (χ3n) is 8.88. The van der Waals surface area contributed by atoms with Crippen LogP contribution in [-0.4, -0.2) is 41.6 Å². The number of hydrogen-bond acceptors (Lipinski definition) is 5. The summed E-state index contributed by atoms with van der Waals surface area (Å²) in [6, 6.07) is 14.4. The normalized spacial score (nSPS) is 13.6. The Morgan fingerprint density at radius 3 is 1.77 bits per heavy atom. The number of benzene rings is 2. The molecule has 0 saturated carbocycles. The van der Waals surface area contributed by atoms with Crippen molar-refractivity contribution in [2.75, 3.05) is 6.61 Å². The van der Waals surface area contributed by atoms with Crippen LogP contribution in [0.5, 0.6) is 0 Å². The molecule has 7 nitrogen and oxygen atoms in total. The lowest BCUT2D eigenvalue weighted by Gasteiger charge is -2.18. The number of nitrogens with one attached hydrogen (secondary N) is 1. The molecular weight excluding hydrogens is 552 g/mol. The van der Waals surface area contributed by atoms with Crippen LogP contribution in [0.2, 0.25) is 0 Å². The van der Waals surface area contributed by atoms with Crippen molar-refractivity contribution in [3.05, 3.63) is 59.7 Å². The third kappa shape index (κ3) is 11.7. The van der Waals surface area contributed by atoms with Gasteiger partial charge in [-0.15, -0.1) is 0 Å². The number of hydrogen-bond donors (Lipinski definition) is 3. The van der Waals surface area contributed by atoms with Gasteiger partial charge in [0.15, 0.2) is 0 Å². The van der Waals surface area contributed by atoms with Crippen molar-refractivity contribution in [1.82, 2.24) is 5.32 Å². The van der Waals surface area contributed by atoms with Crippen LogP contribution >= 0.6 is 0 Å². The number of fused-ring (bicyclic) bond motifs is 3. The zero-order chi connectivity index (χ0) is 31.6. The molecule has 0 fully saturated rings. The summed E-state index contributed by atoms with van der Waals surface area (Å²) < 4.78 is 5.51. The Morgan fingerprint density at radius 2 is 1.25 bits per heavy atom. The number of aliphatic carboxylic acids is 1. The number of Topliss-reactive ketones (excluding diaryl/α,β-unsaturated/α-hetero) is 1. The summed E-state index contributed by atoms with van der Waals surface area (Å²) in [5.41, 5.74) is 10.5. The molecule has 7 heteroatoms. The summed E-state index contributed by atoms with van der Waals surface area (Å²) in [7, 11) is 0. The topological polar surface area (TPSA) is 119 Å². The second-order valence-electron chi connectivity index (χ2n) is 12.4. The number of amides is 1. The average Bonchev–Trinajstić information content (AvgIpc) is 3.35. The maximum Gasteiger partial charge on any atom is 0.407 e. The molecule has 0 saturated heterocycles. The zero-order valence-electron chi connectivity index (χ0n) is 26.7. The molecule has 0 heterocycles. The van der Waals surface area contributed by atoms with Crippen LogP contribution in [0.4, 0.5) is 4.79 Å². The van der Waals surface area contributed by atoms with Gasteiger partial charge in [0.2, 0.25) is 0 Å². The molecule has 0 aliphatic heterocycles. The number of carbonyl (C=O) groups excluding carboxylic acids is 2. The second-order valence-corrected chi connectivity index (χ2v) is 12.4. The summed E-state index contributed by atoms with van der Waals surface area (Å²) in [6.07, 6.45) is 17.0. The van der Waals surface area contributed by atoms with Crippen LogP contribution in [0.3, 0.4) is 0 Å². The van der Waals surface area contributed by atoms with Gasteiger partial charge in [-0.2, -0.15) is 0 Å². The Kier molecular flexibility index (Phi) is 16.0. The fourth-order valence-electron chi connectivity index (χ4n) is 6.24. The van der Waals surface area contributed by atoms with Crippen LogP contribution in [0.1, 0.15) is 133 Å². The van der Waals surface area contributed by atoms with Crippen molar-refractivity contribution < 1.29 is 24.2 Å². The first-order valence-electron chi connectivity index (χ1n) is 17.0. The van der Waals surface area contributed by atoms with E-state index in [2.05, 4.69) is 24.4 Å². The Hall–Kier alpha value is -3.19. The number of ether oxygens (including phenoxy) is 1. The van der Waals surface area contributed by atoms with E-state index in [0.29, 0.717) is 19.3 Å². The number of rotatable bonds is 23. The predicted octanol–water partition coefficient (Wildman–Crippen LogP) is 8.53. The minimum atomic E-state index is -1.13. The number of carbonyl (C=O) groups is 3. The van der Waals surface area contributed by atoms with Crippen LogP contribution in [0.15, 0.2) is 48.5 Å². The van der Waals surface area contributed by atoms with E-state index in [-0.39, 0.29) is 24.7 Å². The van der Waals surface area contributed by atoms with E-state index in [0.717, 1.165) is 41.5 Å². The molecule has 44 heavy (non-hydrogen) atoms. The van der Waals surface area contributed by atoms with E-state index in [9.17, 15) is 19.5 Å². The molecule has 1 aliphatic rings. The number of unbranched alkanes of at least 4 members (excludes halogenated alkanes) is 12. The monoisotopic (exact) mass is 606 g/mol. The third-order valence-corrected chi connectivity index (χ3v) is 8.88. The van der Waals surface area contributed by atoms with Gasteiger partial charge in [-0.3, -0.25) is 4.79 Å². The second kappa shape index (κ2) is 20.0. The van der Waals surface area contributed by atoms with Gasteiger partial charge in [-0.1, -0.05) is 133 Å². The van der Waals surface area contributed by atoms with Crippen molar-refractivity contribution in [3.63, 3.8) is 0 Å². The molecule has 0 aromatic heterocycles. The lowest BCUT2D eigenvalue weighted by molar-refractivity contribution is -0.139. The van der Waals surface area contributed by atoms with Crippen molar-refractivity contribution in [2.24, 2.45) is 5.73 Å². The molecule has 1 amide bonds.